The van der Waals surface area contributed by atoms with Crippen LogP contribution in [0.4, 0.5) is 15.3 Å². The standard InChI is InChI=1S/C49H54N8O16S/c1-4-29-30-20-28(58)13-14-34(30)53-42-32(29)22-57-36(42)21-31-33(46(57)64)24-71-47(65)43(31)73-49(67)72-23-26-11-12-27(19-37(26)74(68,69)70)52-44(62)35(9-8-17-51-48(50)66)54-45(63)41(25(2)3)55-38(59)10-6-5-7-18-56-39(60)15-16-40(56)61/h11-16,19-21,25,35,41,43,58H,4-10,17-18,22-24H2,1-3H3,(H,52,62)(H,54,63)(H,55,59)(H3,50,51,66)(H,68,69,70)/t35?,41?,43-/m1/s1. The molecule has 74 heavy (non-hydrogen) atoms. The molecule has 2 aromatic heterocycles. The Labute approximate surface area is 422 Å². The number of unbranched alkanes of at least 4 members (excludes halogenated alkanes) is 2. The van der Waals surface area contributed by atoms with E-state index in [2.05, 4.69) is 21.3 Å². The maximum absolute atomic E-state index is 13.9. The predicted octanol–water partition coefficient (Wildman–Crippen LogP) is 2.89. The number of phenols is 1. The molecule has 24 nitrogen and oxygen atoms in total. The first-order valence-electron chi connectivity index (χ1n) is 23.6. The van der Waals surface area contributed by atoms with E-state index in [1.165, 1.54) is 34.9 Å². The van der Waals surface area contributed by atoms with Crippen molar-refractivity contribution in [3.8, 4) is 17.1 Å². The van der Waals surface area contributed by atoms with Gasteiger partial charge in [-0.1, -0.05) is 33.3 Å². The van der Waals surface area contributed by atoms with Gasteiger partial charge in [-0.05, 0) is 80.0 Å². The number of anilines is 1. The lowest BCUT2D eigenvalue weighted by Crippen LogP contribution is -2.54. The molecular weight excluding hydrogens is 989 g/mol. The topological polar surface area (TPSA) is 351 Å². The summed E-state index contributed by atoms with van der Waals surface area (Å²) >= 11 is 0. The number of nitrogens with two attached hydrogens (primary N) is 1. The first kappa shape index (κ1) is 53.6. The number of urea groups is 1. The zero-order valence-corrected chi connectivity index (χ0v) is 41.2. The average Bonchev–Trinajstić information content (AvgIpc) is 3.87. The number of fused-ring (bicyclic) bond motifs is 5. The minimum Gasteiger partial charge on any atom is -0.508 e. The van der Waals surface area contributed by atoms with Crippen LogP contribution in [0.1, 0.15) is 93.2 Å². The summed E-state index contributed by atoms with van der Waals surface area (Å²) in [6, 6.07) is 6.13. The molecule has 0 aliphatic carbocycles. The first-order valence-corrected chi connectivity index (χ1v) is 25.1. The number of imide groups is 1. The number of nitrogens with one attached hydrogen (secondary N) is 4. The Balaban J connectivity index is 1.01. The van der Waals surface area contributed by atoms with E-state index < -0.39 is 106 Å². The average molecular weight is 1040 g/mol. The second kappa shape index (κ2) is 22.7. The number of hydrogen-bond donors (Lipinski definition) is 7. The lowest BCUT2D eigenvalue weighted by atomic mass is 9.97. The molecule has 5 heterocycles. The largest absolute Gasteiger partial charge is 0.509 e. The lowest BCUT2D eigenvalue weighted by molar-refractivity contribution is -0.159. The highest BCUT2D eigenvalue weighted by Gasteiger charge is 2.39. The number of carbonyl (C=O) groups excluding carboxylic acids is 8. The highest BCUT2D eigenvalue weighted by Crippen LogP contribution is 2.39. The number of benzene rings is 2. The Kier molecular flexibility index (Phi) is 16.4. The summed E-state index contributed by atoms with van der Waals surface area (Å²) in [4.78, 5) is 121. The molecule has 3 aliphatic heterocycles. The molecule has 8 N–H and O–H groups in total. The highest BCUT2D eigenvalue weighted by atomic mass is 32.2. The van der Waals surface area contributed by atoms with Crippen molar-refractivity contribution in [1.29, 1.82) is 0 Å². The molecule has 3 atom stereocenters. The van der Waals surface area contributed by atoms with Crippen molar-refractivity contribution >= 4 is 74.4 Å². The second-order valence-corrected chi connectivity index (χ2v) is 19.4. The summed E-state index contributed by atoms with van der Waals surface area (Å²) in [6.07, 6.45) is 1.05. The molecule has 392 valence electrons. The summed E-state index contributed by atoms with van der Waals surface area (Å²) < 4.78 is 52.9. The van der Waals surface area contributed by atoms with Crippen molar-refractivity contribution in [2.75, 3.05) is 18.4 Å². The van der Waals surface area contributed by atoms with Gasteiger partial charge in [0.25, 0.3) is 27.5 Å². The first-order chi connectivity index (χ1) is 35.1. The maximum atomic E-state index is 13.9. The smallest absolute Gasteiger partial charge is 0.508 e. The second-order valence-electron chi connectivity index (χ2n) is 18.0. The Hall–Kier alpha value is -8.19. The summed E-state index contributed by atoms with van der Waals surface area (Å²) in [5, 5.41) is 21.0. The molecular formula is C49H54N8O16S. The lowest BCUT2D eigenvalue weighted by Gasteiger charge is -2.25. The van der Waals surface area contributed by atoms with Crippen molar-refractivity contribution in [2.24, 2.45) is 11.7 Å². The van der Waals surface area contributed by atoms with Crippen molar-refractivity contribution in [3.05, 3.63) is 92.8 Å². The predicted molar refractivity (Wildman–Crippen MR) is 260 cm³/mol. The number of hydrogen-bond acceptors (Lipinski definition) is 16. The number of aryl methyl sites for hydroxylation is 1. The Morgan fingerprint density at radius 3 is 2.36 bits per heavy atom. The van der Waals surface area contributed by atoms with Crippen LogP contribution in [0.25, 0.3) is 22.3 Å². The molecule has 2 aromatic carbocycles. The Bertz CT molecular complexity index is 3150. The molecule has 2 unspecified atom stereocenters. The minimum atomic E-state index is -5.09. The van der Waals surface area contributed by atoms with Gasteiger partial charge in [0.05, 0.1) is 29.0 Å². The van der Waals surface area contributed by atoms with E-state index in [4.69, 9.17) is 24.9 Å². The third kappa shape index (κ3) is 12.2. The Morgan fingerprint density at radius 2 is 1.68 bits per heavy atom. The number of nitrogens with zero attached hydrogens (tertiary/aromatic N) is 3. The molecule has 0 saturated carbocycles. The molecule has 25 heteroatoms. The normalized spacial score (nSPS) is 15.4. The van der Waals surface area contributed by atoms with E-state index in [9.17, 15) is 61.2 Å². The number of ether oxygens (including phenoxy) is 3. The molecule has 0 fully saturated rings. The van der Waals surface area contributed by atoms with E-state index in [0.717, 1.165) is 28.2 Å². The molecule has 7 rings (SSSR count). The van der Waals surface area contributed by atoms with Gasteiger partial charge in [-0.3, -0.25) is 38.2 Å². The third-order valence-corrected chi connectivity index (χ3v) is 13.6. The van der Waals surface area contributed by atoms with Gasteiger partial charge in [0.15, 0.2) is 0 Å². The van der Waals surface area contributed by atoms with Crippen LogP contribution in [0.2, 0.25) is 0 Å². The number of aromatic nitrogens is 2. The van der Waals surface area contributed by atoms with Crippen LogP contribution in [-0.4, -0.2) is 105 Å². The Morgan fingerprint density at radius 1 is 0.932 bits per heavy atom. The van der Waals surface area contributed by atoms with Crippen molar-refractivity contribution < 1.29 is 70.6 Å². The molecule has 0 saturated heterocycles. The molecule has 3 aliphatic rings. The van der Waals surface area contributed by atoms with Gasteiger partial charge in [0.2, 0.25) is 23.8 Å². The van der Waals surface area contributed by atoms with Gasteiger partial charge in [0, 0.05) is 59.4 Å². The van der Waals surface area contributed by atoms with Crippen LogP contribution < -0.4 is 32.6 Å². The van der Waals surface area contributed by atoms with Crippen LogP contribution in [0.5, 0.6) is 5.75 Å². The van der Waals surface area contributed by atoms with Gasteiger partial charge >= 0.3 is 18.2 Å². The quantitative estimate of drug-likeness (QED) is 0.0240. The molecule has 0 spiro atoms. The number of primary amides is 1. The van der Waals surface area contributed by atoms with Crippen LogP contribution in [0.3, 0.4) is 0 Å². The minimum absolute atomic E-state index is 0.00585. The van der Waals surface area contributed by atoms with Gasteiger partial charge in [0.1, 0.15) is 35.9 Å². The number of cyclic esters (lactones) is 1. The highest BCUT2D eigenvalue weighted by molar-refractivity contribution is 7.85. The van der Waals surface area contributed by atoms with E-state index in [-0.39, 0.29) is 67.0 Å². The number of rotatable bonds is 21. The third-order valence-electron chi connectivity index (χ3n) is 12.6. The number of aromatic hydroxyl groups is 1. The zero-order chi connectivity index (χ0) is 53.6. The number of carbonyl (C=O) groups is 8. The van der Waals surface area contributed by atoms with Crippen molar-refractivity contribution in [2.45, 2.75) is 109 Å². The summed E-state index contributed by atoms with van der Waals surface area (Å²) in [7, 11) is -5.09. The number of amides is 7. The maximum Gasteiger partial charge on any atom is 0.509 e. The monoisotopic (exact) mass is 1040 g/mol. The van der Waals surface area contributed by atoms with Crippen LogP contribution in [0.15, 0.2) is 64.3 Å². The fourth-order valence-corrected chi connectivity index (χ4v) is 9.63. The molecule has 0 radical (unpaired) electrons. The van der Waals surface area contributed by atoms with Crippen molar-refractivity contribution in [3.63, 3.8) is 0 Å². The molecule has 0 bridgehead atoms. The fourth-order valence-electron chi connectivity index (χ4n) is 8.90. The van der Waals surface area contributed by atoms with Gasteiger partial charge in [-0.15, -0.1) is 0 Å². The molecule has 7 amide bonds. The van der Waals surface area contributed by atoms with Gasteiger partial charge < -0.3 is 50.9 Å². The van der Waals surface area contributed by atoms with E-state index in [0.29, 0.717) is 48.0 Å². The van der Waals surface area contributed by atoms with Gasteiger partial charge in [-0.25, -0.2) is 19.4 Å². The van der Waals surface area contributed by atoms with Gasteiger partial charge in [-0.2, -0.15) is 8.42 Å². The number of esters is 1. The summed E-state index contributed by atoms with van der Waals surface area (Å²) in [6.45, 7) is 4.34. The summed E-state index contributed by atoms with van der Waals surface area (Å²) in [5.41, 5.74) is 7.18. The van der Waals surface area contributed by atoms with Crippen molar-refractivity contribution in [1.82, 2.24) is 30.4 Å². The number of pyridine rings is 2. The fraction of sp³-hybridized carbons (Fsp3) is 0.388. The van der Waals surface area contributed by atoms with Crippen LogP contribution in [0, 0.1) is 5.92 Å². The SMILES string of the molecule is CCc1c2c(nc3ccc(O)cc13)-c1cc3c(c(=O)n1C2)COC(=O)[C@@H]3OC(=O)OCc1ccc(NC(=O)C(CCCNC(N)=O)NC(=O)C(NC(=O)CCCCCN2C(=O)C=CC2=O)C(C)C)cc1S(=O)(=O)O. The summed E-state index contributed by atoms with van der Waals surface area (Å²) in [5.74, 6) is -4.33. The van der Waals surface area contributed by atoms with E-state index in [1.54, 1.807) is 26.0 Å². The van der Waals surface area contributed by atoms with Crippen LogP contribution in [-0.2, 0) is 79.3 Å². The number of phenolic OH excluding ortho intramolecular Hbond substituents is 1. The molecule has 4 aromatic rings. The van der Waals surface area contributed by atoms with E-state index >= 15 is 0 Å². The van der Waals surface area contributed by atoms with Crippen LogP contribution >= 0.6 is 0 Å². The zero-order valence-electron chi connectivity index (χ0n) is 40.4. The van der Waals surface area contributed by atoms with E-state index in [1.807, 2.05) is 6.92 Å².